The Balaban J connectivity index is 2.23. The number of hydrazine groups is 1. The molecule has 17 heavy (non-hydrogen) atoms. The monoisotopic (exact) mass is 235 g/mol. The van der Waals surface area contributed by atoms with Gasteiger partial charge in [-0.15, -0.1) is 0 Å². The van der Waals surface area contributed by atoms with Gasteiger partial charge < -0.3 is 10.1 Å². The van der Waals surface area contributed by atoms with Gasteiger partial charge in [-0.2, -0.15) is 0 Å². The number of carbonyl (C=O) groups excluding carboxylic acids is 2. The second-order valence-corrected chi connectivity index (χ2v) is 3.88. The predicted molar refractivity (Wildman–Crippen MR) is 61.7 cm³/mol. The van der Waals surface area contributed by atoms with E-state index in [1.54, 1.807) is 37.3 Å². The van der Waals surface area contributed by atoms with Gasteiger partial charge in [-0.3, -0.25) is 15.0 Å². The molecule has 0 bridgehead atoms. The Labute approximate surface area is 98.5 Å². The molecular formula is C11H13N3O3. The maximum atomic E-state index is 11.7. The lowest BCUT2D eigenvalue weighted by Crippen LogP contribution is -2.36. The van der Waals surface area contributed by atoms with Crippen molar-refractivity contribution >= 4 is 17.5 Å². The van der Waals surface area contributed by atoms with Crippen LogP contribution in [0.15, 0.2) is 18.2 Å². The molecule has 0 aliphatic carbocycles. The van der Waals surface area contributed by atoms with Crippen LogP contribution in [0.3, 0.4) is 0 Å². The first-order valence-electron chi connectivity index (χ1n) is 5.11. The summed E-state index contributed by atoms with van der Waals surface area (Å²) in [6.45, 7) is 0.0102. The van der Waals surface area contributed by atoms with E-state index in [0.717, 1.165) is 0 Å². The van der Waals surface area contributed by atoms with Crippen molar-refractivity contribution in [1.29, 1.82) is 0 Å². The van der Waals surface area contributed by atoms with Crippen LogP contribution >= 0.6 is 0 Å². The van der Waals surface area contributed by atoms with E-state index in [4.69, 9.17) is 4.74 Å². The number of hydrogen-bond donors (Lipinski definition) is 2. The van der Waals surface area contributed by atoms with Crippen LogP contribution in [0.2, 0.25) is 0 Å². The zero-order chi connectivity index (χ0) is 12.4. The molecule has 0 saturated heterocycles. The summed E-state index contributed by atoms with van der Waals surface area (Å²) in [5.41, 5.74) is 3.60. The van der Waals surface area contributed by atoms with Crippen molar-refractivity contribution in [2.24, 2.45) is 0 Å². The molecule has 0 saturated carbocycles. The average Bonchev–Trinajstić information content (AvgIpc) is 2.27. The fraction of sp³-hybridized carbons (Fsp3) is 0.273. The number of nitrogens with one attached hydrogen (secondary N) is 2. The van der Waals surface area contributed by atoms with Gasteiger partial charge in [-0.05, 0) is 18.2 Å². The van der Waals surface area contributed by atoms with Gasteiger partial charge in [0.1, 0.15) is 5.75 Å². The van der Waals surface area contributed by atoms with Crippen molar-refractivity contribution in [3.05, 3.63) is 23.8 Å². The standard InChI is InChI=1S/C11H13N3O3/c1-14(2)13-11(16)7-3-4-9-8(5-7)12-10(15)6-17-9/h3-5H,6H2,1-2H3,(H,12,15)(H,13,16). The molecule has 1 heterocycles. The van der Waals surface area contributed by atoms with Crippen LogP contribution in [0, 0.1) is 0 Å². The van der Waals surface area contributed by atoms with Gasteiger partial charge in [0, 0.05) is 19.7 Å². The van der Waals surface area contributed by atoms with Crippen LogP contribution in [0.5, 0.6) is 5.75 Å². The molecule has 1 aromatic rings. The van der Waals surface area contributed by atoms with Crippen molar-refractivity contribution in [1.82, 2.24) is 10.4 Å². The molecule has 0 fully saturated rings. The lowest BCUT2D eigenvalue weighted by Gasteiger charge is -2.19. The predicted octanol–water partition coefficient (Wildman–Crippen LogP) is 0.224. The van der Waals surface area contributed by atoms with Crippen LogP contribution in [0.1, 0.15) is 10.4 Å². The van der Waals surface area contributed by atoms with E-state index in [-0.39, 0.29) is 18.4 Å². The highest BCUT2D eigenvalue weighted by Gasteiger charge is 2.17. The smallest absolute Gasteiger partial charge is 0.265 e. The number of amides is 2. The summed E-state index contributed by atoms with van der Waals surface area (Å²) in [6, 6.07) is 4.90. The summed E-state index contributed by atoms with van der Waals surface area (Å²) in [5, 5.41) is 4.20. The third-order valence-electron chi connectivity index (χ3n) is 2.20. The Kier molecular flexibility index (Phi) is 2.97. The van der Waals surface area contributed by atoms with Crippen LogP contribution in [0.4, 0.5) is 5.69 Å². The molecule has 0 atom stereocenters. The van der Waals surface area contributed by atoms with Gasteiger partial charge in [0.05, 0.1) is 5.69 Å². The van der Waals surface area contributed by atoms with Crippen LogP contribution in [0.25, 0.3) is 0 Å². The number of rotatable bonds is 2. The molecule has 0 unspecified atom stereocenters. The second-order valence-electron chi connectivity index (χ2n) is 3.88. The molecule has 2 N–H and O–H groups in total. The molecule has 90 valence electrons. The maximum absolute atomic E-state index is 11.7. The molecule has 6 nitrogen and oxygen atoms in total. The summed E-state index contributed by atoms with van der Waals surface area (Å²) in [5.74, 6) is 0.117. The first kappa shape index (κ1) is 11.4. The molecular weight excluding hydrogens is 222 g/mol. The molecule has 6 heteroatoms. The molecule has 0 radical (unpaired) electrons. The number of benzene rings is 1. The molecule has 0 aromatic heterocycles. The van der Waals surface area contributed by atoms with E-state index in [0.29, 0.717) is 17.0 Å². The Morgan fingerprint density at radius 3 is 2.94 bits per heavy atom. The topological polar surface area (TPSA) is 70.7 Å². The quantitative estimate of drug-likeness (QED) is 0.720. The minimum Gasteiger partial charge on any atom is -0.482 e. The summed E-state index contributed by atoms with van der Waals surface area (Å²) in [6.07, 6.45) is 0. The van der Waals surface area contributed by atoms with Crippen LogP contribution < -0.4 is 15.5 Å². The van der Waals surface area contributed by atoms with Gasteiger partial charge in [-0.1, -0.05) is 0 Å². The van der Waals surface area contributed by atoms with E-state index >= 15 is 0 Å². The van der Waals surface area contributed by atoms with Crippen LogP contribution in [-0.4, -0.2) is 37.5 Å². The largest absolute Gasteiger partial charge is 0.482 e. The van der Waals surface area contributed by atoms with Gasteiger partial charge in [0.25, 0.3) is 11.8 Å². The van der Waals surface area contributed by atoms with Crippen molar-refractivity contribution < 1.29 is 14.3 Å². The zero-order valence-electron chi connectivity index (χ0n) is 9.61. The highest BCUT2D eigenvalue weighted by atomic mass is 16.5. The van der Waals surface area contributed by atoms with Gasteiger partial charge >= 0.3 is 0 Å². The lowest BCUT2D eigenvalue weighted by molar-refractivity contribution is -0.118. The zero-order valence-corrected chi connectivity index (χ0v) is 9.61. The Morgan fingerprint density at radius 1 is 1.47 bits per heavy atom. The minimum absolute atomic E-state index is 0.0102. The van der Waals surface area contributed by atoms with Crippen molar-refractivity contribution in [2.75, 3.05) is 26.0 Å². The molecule has 1 aliphatic heterocycles. The number of hydrogen-bond acceptors (Lipinski definition) is 4. The first-order chi connectivity index (χ1) is 8.06. The molecule has 0 spiro atoms. The molecule has 2 rings (SSSR count). The third kappa shape index (κ3) is 2.54. The lowest BCUT2D eigenvalue weighted by atomic mass is 10.1. The average molecular weight is 235 g/mol. The number of ether oxygens (including phenoxy) is 1. The minimum atomic E-state index is -0.238. The Hall–Kier alpha value is -2.08. The highest BCUT2D eigenvalue weighted by molar-refractivity contribution is 5.99. The highest BCUT2D eigenvalue weighted by Crippen LogP contribution is 2.28. The van der Waals surface area contributed by atoms with Crippen molar-refractivity contribution in [3.8, 4) is 5.75 Å². The third-order valence-corrected chi connectivity index (χ3v) is 2.20. The number of anilines is 1. The Morgan fingerprint density at radius 2 is 2.24 bits per heavy atom. The van der Waals surface area contributed by atoms with E-state index in [9.17, 15) is 9.59 Å². The summed E-state index contributed by atoms with van der Waals surface area (Å²) in [7, 11) is 3.45. The maximum Gasteiger partial charge on any atom is 0.265 e. The van der Waals surface area contributed by atoms with Gasteiger partial charge in [0.2, 0.25) is 0 Å². The number of nitrogens with zero attached hydrogens (tertiary/aromatic N) is 1. The van der Waals surface area contributed by atoms with E-state index in [1.165, 1.54) is 0 Å². The van der Waals surface area contributed by atoms with Crippen LogP contribution in [-0.2, 0) is 4.79 Å². The SMILES string of the molecule is CN(C)NC(=O)c1ccc2c(c1)NC(=O)CO2. The summed E-state index contributed by atoms with van der Waals surface area (Å²) < 4.78 is 5.20. The Bertz CT molecular complexity index is 471. The molecule has 1 aromatic carbocycles. The van der Waals surface area contributed by atoms with Gasteiger partial charge in [-0.25, -0.2) is 5.01 Å². The van der Waals surface area contributed by atoms with Crippen molar-refractivity contribution in [2.45, 2.75) is 0 Å². The van der Waals surface area contributed by atoms with E-state index in [1.807, 2.05) is 0 Å². The van der Waals surface area contributed by atoms with Gasteiger partial charge in [0.15, 0.2) is 6.61 Å². The number of carbonyl (C=O) groups is 2. The molecule has 2 amide bonds. The fourth-order valence-electron chi connectivity index (χ4n) is 1.49. The molecule has 1 aliphatic rings. The number of fused-ring (bicyclic) bond motifs is 1. The summed E-state index contributed by atoms with van der Waals surface area (Å²) in [4.78, 5) is 22.9. The van der Waals surface area contributed by atoms with Crippen molar-refractivity contribution in [3.63, 3.8) is 0 Å². The fourth-order valence-corrected chi connectivity index (χ4v) is 1.49. The second kappa shape index (κ2) is 4.42. The first-order valence-corrected chi connectivity index (χ1v) is 5.11. The van der Waals surface area contributed by atoms with E-state index < -0.39 is 0 Å². The normalized spacial score (nSPS) is 13.7. The summed E-state index contributed by atoms with van der Waals surface area (Å²) >= 11 is 0. The van der Waals surface area contributed by atoms with E-state index in [2.05, 4.69) is 10.7 Å².